The zero-order chi connectivity index (χ0) is 14.7. The van der Waals surface area contributed by atoms with E-state index in [1.54, 1.807) is 6.07 Å². The van der Waals surface area contributed by atoms with Gasteiger partial charge in [0.15, 0.2) is 5.16 Å². The van der Waals surface area contributed by atoms with Crippen LogP contribution in [0.1, 0.15) is 23.3 Å². The van der Waals surface area contributed by atoms with Gasteiger partial charge < -0.3 is 17.2 Å². The second-order valence-corrected chi connectivity index (χ2v) is 5.86. The molecule has 0 spiro atoms. The normalized spacial score (nSPS) is 13.9. The number of aromatic nitrogens is 2. The van der Waals surface area contributed by atoms with Gasteiger partial charge in [-0.2, -0.15) is 0 Å². The summed E-state index contributed by atoms with van der Waals surface area (Å²) in [6, 6.07) is 9.65. The number of aryl methyl sites for hydroxylation is 1. The maximum Gasteiger partial charge on any atom is 0.192 e. The molecule has 0 saturated carbocycles. The molecule has 0 fully saturated rings. The van der Waals surface area contributed by atoms with Crippen molar-refractivity contribution < 1.29 is 0 Å². The summed E-state index contributed by atoms with van der Waals surface area (Å²) in [6.07, 6.45) is 0. The fourth-order valence-corrected chi connectivity index (χ4v) is 3.14. The van der Waals surface area contributed by atoms with Crippen LogP contribution in [-0.2, 0) is 0 Å². The second-order valence-electron chi connectivity index (χ2n) is 4.75. The van der Waals surface area contributed by atoms with Crippen molar-refractivity contribution in [3.8, 4) is 0 Å². The number of nitrogens with zero attached hydrogens (tertiary/aromatic N) is 2. The Morgan fingerprint density at radius 3 is 2.25 bits per heavy atom. The van der Waals surface area contributed by atoms with Crippen molar-refractivity contribution in [3.63, 3.8) is 0 Å². The molecule has 0 amide bonds. The van der Waals surface area contributed by atoms with Gasteiger partial charge in [-0.3, -0.25) is 0 Å². The van der Waals surface area contributed by atoms with Crippen LogP contribution < -0.4 is 17.2 Å². The fraction of sp³-hybridized carbons (Fsp3) is 0.286. The van der Waals surface area contributed by atoms with Gasteiger partial charge in [-0.25, -0.2) is 9.97 Å². The molecule has 1 aromatic heterocycles. The van der Waals surface area contributed by atoms with Crippen molar-refractivity contribution in [3.05, 3.63) is 41.5 Å². The predicted octanol–water partition coefficient (Wildman–Crippen LogP) is 2.13. The molecule has 2 unspecified atom stereocenters. The lowest BCUT2D eigenvalue weighted by Gasteiger charge is -2.21. The van der Waals surface area contributed by atoms with Crippen LogP contribution in [0.3, 0.4) is 0 Å². The minimum atomic E-state index is -0.0487. The quantitative estimate of drug-likeness (QED) is 0.588. The maximum atomic E-state index is 6.12. The van der Waals surface area contributed by atoms with Gasteiger partial charge in [0.05, 0.1) is 5.25 Å². The van der Waals surface area contributed by atoms with Crippen molar-refractivity contribution in [1.82, 2.24) is 9.97 Å². The monoisotopic (exact) mass is 289 g/mol. The third-order valence-electron chi connectivity index (χ3n) is 2.95. The van der Waals surface area contributed by atoms with Crippen LogP contribution in [-0.4, -0.2) is 16.0 Å². The summed E-state index contributed by atoms with van der Waals surface area (Å²) in [5.41, 5.74) is 19.9. The largest absolute Gasteiger partial charge is 0.383 e. The van der Waals surface area contributed by atoms with Crippen molar-refractivity contribution in [2.45, 2.75) is 30.3 Å². The highest BCUT2D eigenvalue weighted by atomic mass is 32.2. The molecule has 0 aliphatic heterocycles. The molecule has 20 heavy (non-hydrogen) atoms. The van der Waals surface area contributed by atoms with Crippen LogP contribution in [0.4, 0.5) is 11.6 Å². The van der Waals surface area contributed by atoms with Crippen molar-refractivity contribution in [1.29, 1.82) is 0 Å². The maximum absolute atomic E-state index is 6.12. The number of hydrogen-bond acceptors (Lipinski definition) is 6. The Morgan fingerprint density at radius 1 is 1.10 bits per heavy atom. The molecule has 2 aromatic rings. The Bertz CT molecular complexity index is 580. The Balaban J connectivity index is 2.33. The van der Waals surface area contributed by atoms with E-state index in [0.717, 1.165) is 0 Å². The summed E-state index contributed by atoms with van der Waals surface area (Å²) in [5, 5.41) is 0.602. The van der Waals surface area contributed by atoms with Crippen LogP contribution in [0.5, 0.6) is 0 Å². The molecule has 0 aliphatic carbocycles. The van der Waals surface area contributed by atoms with Crippen molar-refractivity contribution in [2.24, 2.45) is 5.73 Å². The van der Waals surface area contributed by atoms with E-state index < -0.39 is 0 Å². The predicted molar refractivity (Wildman–Crippen MR) is 84.3 cm³/mol. The number of hydrogen-bond donors (Lipinski definition) is 3. The number of nitrogen functional groups attached to an aromatic ring is 2. The third-order valence-corrected chi connectivity index (χ3v) is 4.28. The first-order chi connectivity index (χ1) is 9.47. The molecular weight excluding hydrogens is 270 g/mol. The molecule has 0 saturated heterocycles. The van der Waals surface area contributed by atoms with E-state index in [-0.39, 0.29) is 11.3 Å². The molecule has 2 atom stereocenters. The molecule has 1 aromatic carbocycles. The van der Waals surface area contributed by atoms with Crippen LogP contribution in [0.2, 0.25) is 0 Å². The summed E-state index contributed by atoms with van der Waals surface area (Å²) in [7, 11) is 0. The highest BCUT2D eigenvalue weighted by Crippen LogP contribution is 2.37. The van der Waals surface area contributed by atoms with Gasteiger partial charge in [0.1, 0.15) is 11.6 Å². The number of rotatable bonds is 4. The first-order valence-electron chi connectivity index (χ1n) is 6.35. The molecule has 5 nitrogen and oxygen atoms in total. The van der Waals surface area contributed by atoms with Crippen LogP contribution >= 0.6 is 11.8 Å². The Hall–Kier alpha value is -1.79. The molecule has 106 valence electrons. The molecule has 6 heteroatoms. The molecule has 2 rings (SSSR count). The zero-order valence-corrected chi connectivity index (χ0v) is 12.4. The van der Waals surface area contributed by atoms with Gasteiger partial charge >= 0.3 is 0 Å². The summed E-state index contributed by atoms with van der Waals surface area (Å²) in [6.45, 7) is 4.04. The average Bonchev–Trinajstić information content (AvgIpc) is 2.35. The lowest BCUT2D eigenvalue weighted by molar-refractivity contribution is 0.715. The topological polar surface area (TPSA) is 104 Å². The van der Waals surface area contributed by atoms with Gasteiger partial charge in [-0.1, -0.05) is 36.0 Å². The molecule has 1 heterocycles. The Morgan fingerprint density at radius 2 is 1.70 bits per heavy atom. The van der Waals surface area contributed by atoms with Crippen molar-refractivity contribution >= 4 is 23.4 Å². The standard InChI is InChI=1S/C14H19N5S/c1-8-5-3-4-6-10(8)13(9(2)15)20-14-18-11(16)7-12(17)19-14/h3-7,9,13H,15H2,1-2H3,(H4,16,17,18,19). The van der Waals surface area contributed by atoms with Gasteiger partial charge in [0.2, 0.25) is 0 Å². The van der Waals surface area contributed by atoms with E-state index in [9.17, 15) is 0 Å². The Labute approximate surface area is 123 Å². The highest BCUT2D eigenvalue weighted by Gasteiger charge is 2.21. The zero-order valence-electron chi connectivity index (χ0n) is 11.6. The summed E-state index contributed by atoms with van der Waals surface area (Å²) >= 11 is 1.49. The molecule has 0 radical (unpaired) electrons. The van der Waals surface area contributed by atoms with Gasteiger partial charge in [-0.05, 0) is 25.0 Å². The number of nitrogens with two attached hydrogens (primary N) is 3. The van der Waals surface area contributed by atoms with E-state index in [4.69, 9.17) is 17.2 Å². The molecule has 0 aliphatic rings. The molecule has 6 N–H and O–H groups in total. The van der Waals surface area contributed by atoms with E-state index in [1.165, 1.54) is 22.9 Å². The SMILES string of the molecule is Cc1ccccc1C(Sc1nc(N)cc(N)n1)C(C)N. The summed E-state index contributed by atoms with van der Waals surface area (Å²) in [5.74, 6) is 0.737. The van der Waals surface area contributed by atoms with E-state index in [1.807, 2.05) is 19.1 Å². The van der Waals surface area contributed by atoms with E-state index >= 15 is 0 Å². The average molecular weight is 289 g/mol. The first kappa shape index (κ1) is 14.6. The minimum absolute atomic E-state index is 0.0487. The highest BCUT2D eigenvalue weighted by molar-refractivity contribution is 7.99. The van der Waals surface area contributed by atoms with Crippen LogP contribution in [0.15, 0.2) is 35.5 Å². The fourth-order valence-electron chi connectivity index (χ4n) is 1.99. The minimum Gasteiger partial charge on any atom is -0.383 e. The van der Waals surface area contributed by atoms with Crippen LogP contribution in [0, 0.1) is 6.92 Å². The van der Waals surface area contributed by atoms with Crippen molar-refractivity contribution in [2.75, 3.05) is 11.5 Å². The number of thioether (sulfide) groups is 1. The first-order valence-corrected chi connectivity index (χ1v) is 7.23. The van der Waals surface area contributed by atoms with E-state index in [0.29, 0.717) is 16.8 Å². The summed E-state index contributed by atoms with van der Waals surface area (Å²) < 4.78 is 0. The number of benzene rings is 1. The molecule has 0 bridgehead atoms. The van der Waals surface area contributed by atoms with E-state index in [2.05, 4.69) is 29.0 Å². The van der Waals surface area contributed by atoms with Crippen LogP contribution in [0.25, 0.3) is 0 Å². The molecular formula is C14H19N5S. The van der Waals surface area contributed by atoms with Gasteiger partial charge in [0.25, 0.3) is 0 Å². The lowest BCUT2D eigenvalue weighted by Crippen LogP contribution is -2.23. The number of anilines is 2. The smallest absolute Gasteiger partial charge is 0.192 e. The van der Waals surface area contributed by atoms with Gasteiger partial charge in [0, 0.05) is 12.1 Å². The Kier molecular flexibility index (Phi) is 4.46. The third kappa shape index (κ3) is 3.40. The second kappa shape index (κ2) is 6.11. The summed E-state index contributed by atoms with van der Waals surface area (Å²) in [4.78, 5) is 8.41. The van der Waals surface area contributed by atoms with Gasteiger partial charge in [-0.15, -0.1) is 0 Å². The lowest BCUT2D eigenvalue weighted by atomic mass is 10.0.